The van der Waals surface area contributed by atoms with E-state index in [1.807, 2.05) is 0 Å². The van der Waals surface area contributed by atoms with Crippen molar-refractivity contribution >= 4 is 37.4 Å². The molecule has 40 heavy (non-hydrogen) atoms. The smallest absolute Gasteiger partial charge is 0.255 e. The lowest BCUT2D eigenvalue weighted by Crippen LogP contribution is -2.61. The van der Waals surface area contributed by atoms with Crippen LogP contribution in [0.4, 0.5) is 0 Å². The summed E-state index contributed by atoms with van der Waals surface area (Å²) >= 11 is 0. The van der Waals surface area contributed by atoms with Crippen molar-refractivity contribution in [3.63, 3.8) is 0 Å². The van der Waals surface area contributed by atoms with Crippen molar-refractivity contribution in [3.8, 4) is 0 Å². The highest BCUT2D eigenvalue weighted by molar-refractivity contribution is 6.98. The first-order valence-corrected chi connectivity index (χ1v) is 19.5. The number of unbranched alkanes of at least 4 members (excludes halogenated alkanes) is 3. The van der Waals surface area contributed by atoms with Gasteiger partial charge in [0.15, 0.2) is 0 Å². The third kappa shape index (κ3) is 7.49. The Bertz CT molecular complexity index is 1040. The summed E-state index contributed by atoms with van der Waals surface area (Å²) in [6.07, 6.45) is 6.72. The number of rotatable bonds is 17. The van der Waals surface area contributed by atoms with Gasteiger partial charge < -0.3 is 8.85 Å². The van der Waals surface area contributed by atoms with Crippen molar-refractivity contribution in [3.05, 3.63) is 121 Å². The predicted octanol–water partition coefficient (Wildman–Crippen LogP) is 6.92. The third-order valence-electron chi connectivity index (χ3n) is 7.96. The highest BCUT2D eigenvalue weighted by Crippen LogP contribution is 2.23. The molecule has 0 unspecified atom stereocenters. The molecular weight excluding hydrogens is 521 g/mol. The Labute approximate surface area is 244 Å². The lowest BCUT2D eigenvalue weighted by atomic mass is 10.3. The SMILES string of the molecule is CCCCO[Si](CCCC[Si](OCCCC)(c1ccccc1)c1ccccc1)(c1ccccc1)c1ccccc1. The van der Waals surface area contributed by atoms with Crippen LogP contribution in [0.3, 0.4) is 0 Å². The van der Waals surface area contributed by atoms with Crippen LogP contribution in [-0.2, 0) is 8.85 Å². The highest BCUT2D eigenvalue weighted by Gasteiger charge is 2.41. The molecule has 0 N–H and O–H groups in total. The zero-order valence-corrected chi connectivity index (χ0v) is 26.4. The molecule has 0 aliphatic heterocycles. The van der Waals surface area contributed by atoms with Crippen molar-refractivity contribution in [2.45, 2.75) is 64.5 Å². The number of hydrogen-bond acceptors (Lipinski definition) is 2. The fourth-order valence-electron chi connectivity index (χ4n) is 5.75. The minimum absolute atomic E-state index is 0.819. The average molecular weight is 567 g/mol. The van der Waals surface area contributed by atoms with Gasteiger partial charge in [0.25, 0.3) is 16.6 Å². The van der Waals surface area contributed by atoms with E-state index in [2.05, 4.69) is 135 Å². The fraction of sp³-hybridized carbons (Fsp3) is 0.333. The fourth-order valence-corrected chi connectivity index (χ4v) is 13.9. The Morgan fingerprint density at radius 3 is 0.925 bits per heavy atom. The average Bonchev–Trinajstić information content (AvgIpc) is 3.03. The highest BCUT2D eigenvalue weighted by atomic mass is 28.4. The van der Waals surface area contributed by atoms with Gasteiger partial charge in [-0.25, -0.2) is 0 Å². The Hall–Kier alpha value is -2.77. The molecule has 4 rings (SSSR count). The molecule has 0 aliphatic carbocycles. The molecule has 4 heteroatoms. The van der Waals surface area contributed by atoms with Crippen LogP contribution in [0, 0.1) is 0 Å². The Balaban J connectivity index is 1.64. The summed E-state index contributed by atoms with van der Waals surface area (Å²) < 4.78 is 14.1. The Morgan fingerprint density at radius 1 is 0.400 bits per heavy atom. The van der Waals surface area contributed by atoms with E-state index in [0.29, 0.717) is 0 Å². The van der Waals surface area contributed by atoms with Crippen LogP contribution in [-0.4, -0.2) is 29.8 Å². The molecule has 0 saturated heterocycles. The topological polar surface area (TPSA) is 18.5 Å². The normalized spacial score (nSPS) is 11.9. The van der Waals surface area contributed by atoms with Gasteiger partial charge in [-0.3, -0.25) is 0 Å². The van der Waals surface area contributed by atoms with E-state index < -0.39 is 16.6 Å². The minimum atomic E-state index is -2.40. The van der Waals surface area contributed by atoms with Gasteiger partial charge in [-0.15, -0.1) is 0 Å². The molecule has 0 amide bonds. The molecule has 0 aromatic heterocycles. The summed E-state index contributed by atoms with van der Waals surface area (Å²) in [5, 5.41) is 5.52. The van der Waals surface area contributed by atoms with Crippen LogP contribution in [0.2, 0.25) is 12.1 Å². The zero-order chi connectivity index (χ0) is 27.9. The standard InChI is InChI=1S/C36H46O2Si2/c1-3-5-29-37-39(33-21-11-7-12-22-33,34-23-13-8-14-24-34)31-19-20-32-40(38-30-6-4-2,35-25-15-9-16-26-35)36-27-17-10-18-28-36/h7-18,21-28H,3-6,19-20,29-32H2,1-2H3. The molecule has 2 nitrogen and oxygen atoms in total. The van der Waals surface area contributed by atoms with Gasteiger partial charge in [-0.1, -0.05) is 161 Å². The van der Waals surface area contributed by atoms with Gasteiger partial charge in [0.2, 0.25) is 0 Å². The van der Waals surface area contributed by atoms with E-state index >= 15 is 0 Å². The number of benzene rings is 4. The van der Waals surface area contributed by atoms with E-state index in [9.17, 15) is 0 Å². The van der Waals surface area contributed by atoms with Crippen molar-refractivity contribution in [1.29, 1.82) is 0 Å². The van der Waals surface area contributed by atoms with Gasteiger partial charge >= 0.3 is 0 Å². The summed E-state index contributed by atoms with van der Waals surface area (Å²) in [6, 6.07) is 46.4. The maximum absolute atomic E-state index is 7.04. The summed E-state index contributed by atoms with van der Waals surface area (Å²) in [6.45, 7) is 6.12. The minimum Gasteiger partial charge on any atom is -0.408 e. The van der Waals surface area contributed by atoms with Crippen LogP contribution >= 0.6 is 0 Å². The van der Waals surface area contributed by atoms with Crippen LogP contribution in [0.25, 0.3) is 0 Å². The lowest BCUT2D eigenvalue weighted by molar-refractivity contribution is 0.303. The monoisotopic (exact) mass is 566 g/mol. The van der Waals surface area contributed by atoms with E-state index in [1.165, 1.54) is 20.7 Å². The first kappa shape index (κ1) is 30.2. The van der Waals surface area contributed by atoms with Crippen LogP contribution in [0.15, 0.2) is 121 Å². The summed E-state index contributed by atoms with van der Waals surface area (Å²) in [5.41, 5.74) is 0. The molecule has 210 valence electrons. The van der Waals surface area contributed by atoms with Gasteiger partial charge in [-0.2, -0.15) is 0 Å². The van der Waals surface area contributed by atoms with E-state index in [4.69, 9.17) is 8.85 Å². The lowest BCUT2D eigenvalue weighted by Gasteiger charge is -2.35. The number of hydrogen-bond donors (Lipinski definition) is 0. The van der Waals surface area contributed by atoms with Crippen molar-refractivity contribution in [2.24, 2.45) is 0 Å². The van der Waals surface area contributed by atoms with Crippen LogP contribution in [0.5, 0.6) is 0 Å². The summed E-state index contributed by atoms with van der Waals surface area (Å²) in [7, 11) is -4.79. The van der Waals surface area contributed by atoms with Gasteiger partial charge in [0.05, 0.1) is 0 Å². The van der Waals surface area contributed by atoms with Gasteiger partial charge in [0.1, 0.15) is 0 Å². The molecule has 0 bridgehead atoms. The largest absolute Gasteiger partial charge is 0.408 e. The second-order valence-electron chi connectivity index (χ2n) is 10.7. The molecule has 4 aromatic rings. The van der Waals surface area contributed by atoms with Crippen LogP contribution in [0.1, 0.15) is 52.4 Å². The Kier molecular flexibility index (Phi) is 12.0. The van der Waals surface area contributed by atoms with E-state index in [1.54, 1.807) is 0 Å². The third-order valence-corrected chi connectivity index (χ3v) is 16.5. The zero-order valence-electron chi connectivity index (χ0n) is 24.4. The quantitative estimate of drug-likeness (QED) is 0.102. The van der Waals surface area contributed by atoms with Crippen molar-refractivity contribution in [1.82, 2.24) is 0 Å². The maximum atomic E-state index is 7.04. The molecule has 0 radical (unpaired) electrons. The molecule has 0 heterocycles. The first-order valence-electron chi connectivity index (χ1n) is 15.2. The maximum Gasteiger partial charge on any atom is 0.255 e. The molecule has 0 aliphatic rings. The van der Waals surface area contributed by atoms with E-state index in [0.717, 1.165) is 63.8 Å². The second kappa shape index (κ2) is 15.9. The van der Waals surface area contributed by atoms with Crippen LogP contribution < -0.4 is 20.7 Å². The van der Waals surface area contributed by atoms with Gasteiger partial charge in [-0.05, 0) is 45.7 Å². The summed E-state index contributed by atoms with van der Waals surface area (Å²) in [5.74, 6) is 0. The van der Waals surface area contributed by atoms with E-state index in [-0.39, 0.29) is 0 Å². The van der Waals surface area contributed by atoms with Gasteiger partial charge in [0, 0.05) is 13.2 Å². The first-order chi connectivity index (χ1) is 19.7. The van der Waals surface area contributed by atoms with Crippen molar-refractivity contribution < 1.29 is 8.85 Å². The van der Waals surface area contributed by atoms with Crippen molar-refractivity contribution in [2.75, 3.05) is 13.2 Å². The summed E-state index contributed by atoms with van der Waals surface area (Å²) in [4.78, 5) is 0. The molecular formula is C36H46O2Si2. The molecule has 4 aromatic carbocycles. The molecule has 0 spiro atoms. The Morgan fingerprint density at radius 2 is 0.675 bits per heavy atom. The molecule has 0 fully saturated rings. The predicted molar refractivity (Wildman–Crippen MR) is 176 cm³/mol. The molecule has 0 atom stereocenters. The second-order valence-corrected chi connectivity index (χ2v) is 17.9. The molecule has 0 saturated carbocycles.